The Morgan fingerprint density at radius 3 is 2.19 bits per heavy atom. The van der Waals surface area contributed by atoms with Crippen LogP contribution in [0.3, 0.4) is 0 Å². The lowest BCUT2D eigenvalue weighted by molar-refractivity contribution is 0.0608. The van der Waals surface area contributed by atoms with Crippen LogP contribution in [0.1, 0.15) is 27.1 Å². The van der Waals surface area contributed by atoms with E-state index in [1.54, 1.807) is 12.1 Å². The summed E-state index contributed by atoms with van der Waals surface area (Å²) >= 11 is 0. The number of carbonyl (C=O) groups excluding carboxylic acids is 2. The number of nitrogens with zero attached hydrogens (tertiary/aromatic N) is 1. The molecule has 0 radical (unpaired) electrons. The number of imide groups is 1. The third-order valence-corrected chi connectivity index (χ3v) is 3.70. The Labute approximate surface area is 122 Å². The topological polar surface area (TPSA) is 69.6 Å². The molecule has 0 fully saturated rings. The average molecular weight is 284 g/mol. The smallest absolute Gasteiger partial charge is 0.261 e. The Balaban J connectivity index is 1.95. The Hall–Kier alpha value is -2.24. The van der Waals surface area contributed by atoms with Gasteiger partial charge in [-0.2, -0.15) is 0 Å². The molecule has 0 aliphatic carbocycles. The van der Waals surface area contributed by atoms with E-state index in [0.717, 1.165) is 10.8 Å². The standard InChI is InChI=1S/C16H16N2O3/c19-10-17-8-3-9-18-15(20)12-6-1-4-11-5-2-7-13(14(11)12)16(18)21/h1-2,4-7,17,19H,3,8-10H2. The summed E-state index contributed by atoms with van der Waals surface area (Å²) in [6, 6.07) is 11.0. The molecule has 2 amide bonds. The van der Waals surface area contributed by atoms with Crippen LogP contribution in [0.2, 0.25) is 0 Å². The largest absolute Gasteiger partial charge is 0.381 e. The third kappa shape index (κ3) is 2.30. The van der Waals surface area contributed by atoms with E-state index in [0.29, 0.717) is 30.6 Å². The van der Waals surface area contributed by atoms with Gasteiger partial charge >= 0.3 is 0 Å². The van der Waals surface area contributed by atoms with Gasteiger partial charge in [0.05, 0.1) is 6.73 Å². The first kappa shape index (κ1) is 13.7. The number of hydrogen-bond donors (Lipinski definition) is 2. The quantitative estimate of drug-likeness (QED) is 0.494. The van der Waals surface area contributed by atoms with Crippen LogP contribution in [-0.4, -0.2) is 41.6 Å². The van der Waals surface area contributed by atoms with Crippen LogP contribution < -0.4 is 5.32 Å². The number of benzene rings is 2. The molecule has 1 heterocycles. The van der Waals surface area contributed by atoms with E-state index in [1.807, 2.05) is 24.3 Å². The highest BCUT2D eigenvalue weighted by molar-refractivity contribution is 6.25. The second-order valence-corrected chi connectivity index (χ2v) is 4.98. The molecule has 0 unspecified atom stereocenters. The van der Waals surface area contributed by atoms with Gasteiger partial charge in [0.1, 0.15) is 0 Å². The lowest BCUT2D eigenvalue weighted by atomic mass is 9.94. The number of aliphatic hydroxyl groups is 1. The zero-order valence-electron chi connectivity index (χ0n) is 11.5. The van der Waals surface area contributed by atoms with Crippen molar-refractivity contribution >= 4 is 22.6 Å². The molecule has 2 aromatic carbocycles. The van der Waals surface area contributed by atoms with Crippen molar-refractivity contribution in [3.63, 3.8) is 0 Å². The molecule has 0 atom stereocenters. The second kappa shape index (κ2) is 5.63. The van der Waals surface area contributed by atoms with Crippen LogP contribution in [0.15, 0.2) is 36.4 Å². The Morgan fingerprint density at radius 1 is 1.00 bits per heavy atom. The first-order valence-electron chi connectivity index (χ1n) is 6.93. The molecule has 2 N–H and O–H groups in total. The number of hydrogen-bond acceptors (Lipinski definition) is 4. The molecule has 0 bridgehead atoms. The summed E-state index contributed by atoms with van der Waals surface area (Å²) in [5, 5.41) is 13.1. The molecule has 1 aliphatic heterocycles. The lowest BCUT2D eigenvalue weighted by Gasteiger charge is -2.27. The first-order valence-corrected chi connectivity index (χ1v) is 6.93. The molecular formula is C16H16N2O3. The predicted molar refractivity (Wildman–Crippen MR) is 79.0 cm³/mol. The molecular weight excluding hydrogens is 268 g/mol. The summed E-state index contributed by atoms with van der Waals surface area (Å²) in [6.45, 7) is 0.791. The highest BCUT2D eigenvalue weighted by Crippen LogP contribution is 2.29. The van der Waals surface area contributed by atoms with Crippen LogP contribution in [-0.2, 0) is 0 Å². The van der Waals surface area contributed by atoms with Crippen molar-refractivity contribution in [2.45, 2.75) is 6.42 Å². The fourth-order valence-electron chi connectivity index (χ4n) is 2.72. The molecule has 2 aromatic rings. The van der Waals surface area contributed by atoms with Gasteiger partial charge < -0.3 is 5.11 Å². The number of aliphatic hydroxyl groups excluding tert-OH is 1. The fraction of sp³-hybridized carbons (Fsp3) is 0.250. The number of carbonyl (C=O) groups is 2. The van der Waals surface area contributed by atoms with Crippen LogP contribution in [0.4, 0.5) is 0 Å². The molecule has 0 aromatic heterocycles. The van der Waals surface area contributed by atoms with Crippen molar-refractivity contribution in [2.24, 2.45) is 0 Å². The summed E-state index contributed by atoms with van der Waals surface area (Å²) in [4.78, 5) is 26.3. The summed E-state index contributed by atoms with van der Waals surface area (Å²) in [7, 11) is 0. The SMILES string of the molecule is O=C1c2cccc3cccc(c23)C(=O)N1CCCNCO. The van der Waals surface area contributed by atoms with Gasteiger partial charge in [0.15, 0.2) is 0 Å². The highest BCUT2D eigenvalue weighted by atomic mass is 16.3. The van der Waals surface area contributed by atoms with Crippen molar-refractivity contribution < 1.29 is 14.7 Å². The van der Waals surface area contributed by atoms with Crippen LogP contribution in [0, 0.1) is 0 Å². The fourth-order valence-corrected chi connectivity index (χ4v) is 2.72. The molecule has 0 saturated heterocycles. The lowest BCUT2D eigenvalue weighted by Crippen LogP contribution is -2.41. The second-order valence-electron chi connectivity index (χ2n) is 4.98. The van der Waals surface area contributed by atoms with E-state index in [4.69, 9.17) is 5.11 Å². The number of amides is 2. The van der Waals surface area contributed by atoms with Gasteiger partial charge in [0, 0.05) is 23.1 Å². The number of nitrogens with one attached hydrogen (secondary N) is 1. The normalized spacial score (nSPS) is 14.0. The van der Waals surface area contributed by atoms with Gasteiger partial charge in [-0.15, -0.1) is 0 Å². The molecule has 0 saturated carbocycles. The minimum Gasteiger partial charge on any atom is -0.381 e. The van der Waals surface area contributed by atoms with E-state index in [-0.39, 0.29) is 18.5 Å². The number of rotatable bonds is 5. The molecule has 21 heavy (non-hydrogen) atoms. The summed E-state index contributed by atoms with van der Waals surface area (Å²) in [5.74, 6) is -0.485. The third-order valence-electron chi connectivity index (χ3n) is 3.70. The van der Waals surface area contributed by atoms with Crippen molar-refractivity contribution in [3.05, 3.63) is 47.5 Å². The Kier molecular flexibility index (Phi) is 3.68. The van der Waals surface area contributed by atoms with Crippen molar-refractivity contribution in [1.29, 1.82) is 0 Å². The molecule has 1 aliphatic rings. The molecule has 0 spiro atoms. The van der Waals surface area contributed by atoms with E-state index < -0.39 is 0 Å². The molecule has 108 valence electrons. The monoisotopic (exact) mass is 284 g/mol. The van der Waals surface area contributed by atoms with Gasteiger partial charge in [0.25, 0.3) is 11.8 Å². The van der Waals surface area contributed by atoms with Crippen LogP contribution >= 0.6 is 0 Å². The maximum atomic E-state index is 12.5. The molecule has 5 heteroatoms. The average Bonchev–Trinajstić information content (AvgIpc) is 2.51. The maximum Gasteiger partial charge on any atom is 0.261 e. The van der Waals surface area contributed by atoms with Gasteiger partial charge in [-0.1, -0.05) is 24.3 Å². The van der Waals surface area contributed by atoms with Crippen molar-refractivity contribution in [1.82, 2.24) is 10.2 Å². The highest BCUT2D eigenvalue weighted by Gasteiger charge is 2.31. The maximum absolute atomic E-state index is 12.5. The van der Waals surface area contributed by atoms with Crippen LogP contribution in [0.25, 0.3) is 10.8 Å². The Morgan fingerprint density at radius 2 is 1.62 bits per heavy atom. The van der Waals surface area contributed by atoms with Crippen molar-refractivity contribution in [2.75, 3.05) is 19.8 Å². The minimum absolute atomic E-state index is 0.107. The Bertz CT molecular complexity index is 661. The summed E-state index contributed by atoms with van der Waals surface area (Å²) in [6.07, 6.45) is 0.607. The predicted octanol–water partition coefficient (Wildman–Crippen LogP) is 1.37. The zero-order chi connectivity index (χ0) is 14.8. The van der Waals surface area contributed by atoms with Gasteiger partial charge in [-0.25, -0.2) is 0 Å². The molecule has 3 rings (SSSR count). The van der Waals surface area contributed by atoms with Gasteiger partial charge in [0.2, 0.25) is 0 Å². The molecule has 5 nitrogen and oxygen atoms in total. The first-order chi connectivity index (χ1) is 10.2. The van der Waals surface area contributed by atoms with Gasteiger partial charge in [-0.3, -0.25) is 19.8 Å². The van der Waals surface area contributed by atoms with E-state index in [2.05, 4.69) is 5.32 Å². The minimum atomic E-state index is -0.242. The summed E-state index contributed by atoms with van der Waals surface area (Å²) < 4.78 is 0. The van der Waals surface area contributed by atoms with E-state index in [1.165, 1.54) is 4.90 Å². The van der Waals surface area contributed by atoms with Crippen molar-refractivity contribution in [3.8, 4) is 0 Å². The zero-order valence-corrected chi connectivity index (χ0v) is 11.5. The van der Waals surface area contributed by atoms with E-state index >= 15 is 0 Å². The van der Waals surface area contributed by atoms with E-state index in [9.17, 15) is 9.59 Å². The van der Waals surface area contributed by atoms with Gasteiger partial charge in [-0.05, 0) is 30.5 Å². The summed E-state index contributed by atoms with van der Waals surface area (Å²) in [5.41, 5.74) is 1.16. The van der Waals surface area contributed by atoms with Crippen LogP contribution in [0.5, 0.6) is 0 Å².